The lowest BCUT2D eigenvalue weighted by Crippen LogP contribution is -2.53. The van der Waals surface area contributed by atoms with Crippen molar-refractivity contribution < 1.29 is 14.0 Å². The van der Waals surface area contributed by atoms with Crippen molar-refractivity contribution in [1.82, 2.24) is 10.2 Å². The van der Waals surface area contributed by atoms with E-state index in [9.17, 15) is 9.59 Å². The van der Waals surface area contributed by atoms with E-state index in [1.807, 2.05) is 6.07 Å². The molecule has 0 bridgehead atoms. The van der Waals surface area contributed by atoms with Crippen molar-refractivity contribution in [3.05, 3.63) is 77.4 Å². The number of piperidine rings is 1. The normalized spacial score (nSPS) is 26.4. The Hall–Kier alpha value is -3.25. The summed E-state index contributed by atoms with van der Waals surface area (Å²) >= 11 is 0. The monoisotopic (exact) mass is 471 g/mol. The Morgan fingerprint density at radius 2 is 1.71 bits per heavy atom. The molecule has 1 fully saturated rings. The third kappa shape index (κ3) is 3.16. The van der Waals surface area contributed by atoms with E-state index < -0.39 is 23.9 Å². The molecule has 180 valence electrons. The van der Waals surface area contributed by atoms with E-state index >= 15 is 4.39 Å². The Labute approximate surface area is 204 Å². The molecule has 2 heterocycles. The fraction of sp³-hybridized carbons (Fsp3) is 0.379. The third-order valence-electron chi connectivity index (χ3n) is 8.46. The molecule has 1 N–H and O–H groups in total. The number of rotatable bonds is 4. The number of fused-ring (bicyclic) bond motifs is 1. The number of alkyl halides is 1. The summed E-state index contributed by atoms with van der Waals surface area (Å²) in [6, 6.07) is 20.0. The van der Waals surface area contributed by atoms with Crippen LogP contribution in [0.15, 0.2) is 60.7 Å². The van der Waals surface area contributed by atoms with Crippen LogP contribution in [0.2, 0.25) is 0 Å². The summed E-state index contributed by atoms with van der Waals surface area (Å²) in [5.74, 6) is -1.08. The largest absolute Gasteiger partial charge is 0.359 e. The van der Waals surface area contributed by atoms with E-state index in [1.54, 1.807) is 23.1 Å². The van der Waals surface area contributed by atoms with Crippen LogP contribution in [0.1, 0.15) is 42.9 Å². The molecule has 3 aromatic carbocycles. The quantitative estimate of drug-likeness (QED) is 0.613. The molecule has 1 saturated heterocycles. The summed E-state index contributed by atoms with van der Waals surface area (Å²) in [6.45, 7) is 3.98. The summed E-state index contributed by atoms with van der Waals surface area (Å²) < 4.78 is 16.1. The van der Waals surface area contributed by atoms with E-state index in [4.69, 9.17) is 0 Å². The second kappa shape index (κ2) is 7.89. The van der Waals surface area contributed by atoms with E-state index in [0.29, 0.717) is 11.3 Å². The first-order valence-electron chi connectivity index (χ1n) is 12.5. The maximum atomic E-state index is 16.1. The molecule has 6 rings (SSSR count). The smallest absolute Gasteiger partial charge is 0.270 e. The van der Waals surface area contributed by atoms with Crippen LogP contribution < -0.4 is 10.2 Å². The number of carbonyl (C=O) groups is 2. The summed E-state index contributed by atoms with van der Waals surface area (Å²) in [5.41, 5.74) is 1.27. The number of carbonyl (C=O) groups excluding carboxylic acids is 2. The molecule has 6 heteroatoms. The van der Waals surface area contributed by atoms with Gasteiger partial charge in [0.2, 0.25) is 11.6 Å². The van der Waals surface area contributed by atoms with Gasteiger partial charge < -0.3 is 10.2 Å². The maximum Gasteiger partial charge on any atom is 0.270 e. The Balaban J connectivity index is 1.26. The predicted octanol–water partition coefficient (Wildman–Crippen LogP) is 4.42. The van der Waals surface area contributed by atoms with E-state index in [0.717, 1.165) is 32.4 Å². The SMILES string of the molecule is CNC(=O)CC1(F)C(=O)N(C2CCN(C3(C)Cc4cccc5cccc3c45)CC2)c2ccccc21. The number of likely N-dealkylation sites (tertiary alicyclic amines) is 1. The number of amides is 2. The molecule has 0 radical (unpaired) electrons. The molecule has 1 aliphatic carbocycles. The molecule has 2 atom stereocenters. The van der Waals surface area contributed by atoms with Crippen molar-refractivity contribution in [2.24, 2.45) is 0 Å². The van der Waals surface area contributed by atoms with Crippen LogP contribution in [0.3, 0.4) is 0 Å². The average Bonchev–Trinajstić information content (AvgIpc) is 3.30. The van der Waals surface area contributed by atoms with Crippen LogP contribution in [-0.4, -0.2) is 42.9 Å². The van der Waals surface area contributed by atoms with Gasteiger partial charge in [-0.1, -0.05) is 54.6 Å². The predicted molar refractivity (Wildman–Crippen MR) is 135 cm³/mol. The van der Waals surface area contributed by atoms with Crippen LogP contribution in [0.25, 0.3) is 10.8 Å². The Morgan fingerprint density at radius 3 is 2.46 bits per heavy atom. The van der Waals surface area contributed by atoms with Gasteiger partial charge in [0.05, 0.1) is 12.1 Å². The first-order chi connectivity index (χ1) is 16.9. The first kappa shape index (κ1) is 22.2. The van der Waals surface area contributed by atoms with Gasteiger partial charge in [0, 0.05) is 37.3 Å². The van der Waals surface area contributed by atoms with Crippen molar-refractivity contribution in [2.75, 3.05) is 25.0 Å². The molecule has 2 unspecified atom stereocenters. The lowest BCUT2D eigenvalue weighted by Gasteiger charge is -2.45. The highest BCUT2D eigenvalue weighted by molar-refractivity contribution is 6.09. The summed E-state index contributed by atoms with van der Waals surface area (Å²) in [4.78, 5) is 29.7. The minimum atomic E-state index is -2.32. The molecule has 0 aromatic heterocycles. The summed E-state index contributed by atoms with van der Waals surface area (Å²) in [5, 5.41) is 5.12. The standard InChI is InChI=1S/C29H30FN3O2/c1-28(17-20-9-5-7-19-8-6-11-23(28)26(19)20)32-15-13-21(14-16-32)33-24-12-4-3-10-22(24)29(30,27(33)35)18-25(34)31-2/h3-12,21H,13-18H2,1-2H3,(H,31,34). The zero-order chi connectivity index (χ0) is 24.4. The topological polar surface area (TPSA) is 52.7 Å². The van der Waals surface area contributed by atoms with Gasteiger partial charge in [0.1, 0.15) is 0 Å². The van der Waals surface area contributed by atoms with Crippen molar-refractivity contribution in [2.45, 2.75) is 49.9 Å². The van der Waals surface area contributed by atoms with Crippen molar-refractivity contribution in [3.63, 3.8) is 0 Å². The molecule has 35 heavy (non-hydrogen) atoms. The van der Waals surface area contributed by atoms with Crippen molar-refractivity contribution in [1.29, 1.82) is 0 Å². The highest BCUT2D eigenvalue weighted by Gasteiger charge is 2.55. The Bertz CT molecular complexity index is 1340. The molecule has 3 aromatic rings. The van der Waals surface area contributed by atoms with Crippen LogP contribution >= 0.6 is 0 Å². The first-order valence-corrected chi connectivity index (χ1v) is 12.5. The number of halogens is 1. The van der Waals surface area contributed by atoms with Crippen molar-refractivity contribution in [3.8, 4) is 0 Å². The maximum absolute atomic E-state index is 16.1. The number of hydrogen-bond donors (Lipinski definition) is 1. The van der Waals surface area contributed by atoms with Gasteiger partial charge in [0.25, 0.3) is 5.91 Å². The van der Waals surface area contributed by atoms with Gasteiger partial charge in [-0.15, -0.1) is 0 Å². The minimum Gasteiger partial charge on any atom is -0.359 e. The number of hydrogen-bond acceptors (Lipinski definition) is 3. The van der Waals surface area contributed by atoms with Crippen molar-refractivity contribution >= 4 is 28.3 Å². The molecular weight excluding hydrogens is 441 g/mol. The van der Waals surface area contributed by atoms with Gasteiger partial charge in [-0.3, -0.25) is 14.5 Å². The number of nitrogens with one attached hydrogen (secondary N) is 1. The Kier molecular flexibility index (Phi) is 5.01. The molecule has 2 aliphatic heterocycles. The van der Waals surface area contributed by atoms with E-state index in [2.05, 4.69) is 53.5 Å². The number of anilines is 1. The minimum absolute atomic E-state index is 0.0922. The van der Waals surface area contributed by atoms with Gasteiger partial charge >= 0.3 is 0 Å². The second-order valence-corrected chi connectivity index (χ2v) is 10.3. The van der Waals surface area contributed by atoms with Gasteiger partial charge in [0.15, 0.2) is 0 Å². The van der Waals surface area contributed by atoms with Crippen LogP contribution in [0.4, 0.5) is 10.1 Å². The average molecular weight is 472 g/mol. The zero-order valence-corrected chi connectivity index (χ0v) is 20.2. The van der Waals surface area contributed by atoms with Crippen LogP contribution in [0.5, 0.6) is 0 Å². The molecular formula is C29H30FN3O2. The lowest BCUT2D eigenvalue weighted by molar-refractivity contribution is -0.136. The number of nitrogens with zero attached hydrogens (tertiary/aromatic N) is 2. The van der Waals surface area contributed by atoms with Gasteiger partial charge in [-0.2, -0.15) is 0 Å². The second-order valence-electron chi connectivity index (χ2n) is 10.3. The highest BCUT2D eigenvalue weighted by atomic mass is 19.1. The fourth-order valence-corrected chi connectivity index (χ4v) is 6.66. The van der Waals surface area contributed by atoms with E-state index in [1.165, 1.54) is 28.9 Å². The fourth-order valence-electron chi connectivity index (χ4n) is 6.66. The summed E-state index contributed by atoms with van der Waals surface area (Å²) in [7, 11) is 1.47. The van der Waals surface area contributed by atoms with Crippen LogP contribution in [-0.2, 0) is 27.2 Å². The molecule has 0 saturated carbocycles. The van der Waals surface area contributed by atoms with Gasteiger partial charge in [-0.05, 0) is 54.2 Å². The number of benzene rings is 3. The third-order valence-corrected chi connectivity index (χ3v) is 8.46. The highest BCUT2D eigenvalue weighted by Crippen LogP contribution is 2.49. The number of para-hydroxylation sites is 1. The van der Waals surface area contributed by atoms with Crippen LogP contribution in [0, 0.1) is 0 Å². The molecule has 0 spiro atoms. The summed E-state index contributed by atoms with van der Waals surface area (Å²) in [6.07, 6.45) is 2.00. The molecule has 3 aliphatic rings. The van der Waals surface area contributed by atoms with Gasteiger partial charge in [-0.25, -0.2) is 4.39 Å². The Morgan fingerprint density at radius 1 is 1.03 bits per heavy atom. The molecule has 5 nitrogen and oxygen atoms in total. The molecule has 2 amide bonds. The lowest BCUT2D eigenvalue weighted by atomic mass is 9.88. The zero-order valence-electron chi connectivity index (χ0n) is 20.2. The van der Waals surface area contributed by atoms with E-state index in [-0.39, 0.29) is 11.6 Å².